The van der Waals surface area contributed by atoms with Gasteiger partial charge in [-0.1, -0.05) is 94.4 Å². The average molecular weight is 698 g/mol. The summed E-state index contributed by atoms with van der Waals surface area (Å²) >= 11 is 0. The first-order chi connectivity index (χ1) is 23.1. The summed E-state index contributed by atoms with van der Waals surface area (Å²) in [5.74, 6) is -1.45. The molecular weight excluding hydrogens is 649 g/mol. The molecule has 13 heteroatoms. The van der Waals surface area contributed by atoms with Crippen LogP contribution in [-0.2, 0) is 32.6 Å². The number of hydrogen-bond donors (Lipinski definition) is 5. The summed E-state index contributed by atoms with van der Waals surface area (Å²) in [6.07, 6.45) is 0.0424. The van der Waals surface area contributed by atoms with Gasteiger partial charge in [0.05, 0.1) is 29.8 Å². The maximum absolute atomic E-state index is 13.9. The van der Waals surface area contributed by atoms with Crippen molar-refractivity contribution in [2.75, 3.05) is 19.6 Å². The molecule has 3 atom stereocenters. The third-order valence-electron chi connectivity index (χ3n) is 7.71. The second-order valence-electron chi connectivity index (χ2n) is 13.5. The predicted molar refractivity (Wildman–Crippen MR) is 187 cm³/mol. The van der Waals surface area contributed by atoms with Crippen LogP contribution >= 0.6 is 0 Å². The molecular formula is C36H48FN5O6S. The van der Waals surface area contributed by atoms with Crippen molar-refractivity contribution in [3.8, 4) is 0 Å². The lowest BCUT2D eigenvalue weighted by molar-refractivity contribution is -0.132. The monoisotopic (exact) mass is 697 g/mol. The van der Waals surface area contributed by atoms with Crippen LogP contribution in [0.5, 0.6) is 0 Å². The molecule has 0 spiro atoms. The number of nitrogens with one attached hydrogen (secondary N) is 3. The van der Waals surface area contributed by atoms with Crippen LogP contribution in [0, 0.1) is 17.2 Å². The van der Waals surface area contributed by atoms with Gasteiger partial charge < -0.3 is 26.3 Å². The summed E-state index contributed by atoms with van der Waals surface area (Å²) in [5, 5.41) is 32.1. The molecule has 0 saturated heterocycles. The van der Waals surface area contributed by atoms with E-state index in [1.807, 2.05) is 44.2 Å². The van der Waals surface area contributed by atoms with Gasteiger partial charge >= 0.3 is 0 Å². The summed E-state index contributed by atoms with van der Waals surface area (Å²) in [4.78, 5) is 26.8. The zero-order valence-corrected chi connectivity index (χ0v) is 29.5. The molecule has 49 heavy (non-hydrogen) atoms. The van der Waals surface area contributed by atoms with E-state index >= 15 is 0 Å². The lowest BCUT2D eigenvalue weighted by Gasteiger charge is -2.34. The Morgan fingerprint density at radius 3 is 2.18 bits per heavy atom. The number of hydrogen-bond acceptors (Lipinski definition) is 8. The van der Waals surface area contributed by atoms with Crippen LogP contribution < -0.4 is 16.0 Å². The van der Waals surface area contributed by atoms with Crippen molar-refractivity contribution in [1.29, 1.82) is 0 Å². The van der Waals surface area contributed by atoms with Gasteiger partial charge in [0.2, 0.25) is 21.8 Å². The Labute approximate surface area is 288 Å². The van der Waals surface area contributed by atoms with Gasteiger partial charge in [-0.05, 0) is 58.7 Å². The van der Waals surface area contributed by atoms with E-state index in [-0.39, 0.29) is 49.2 Å². The van der Waals surface area contributed by atoms with Crippen LogP contribution in [0.2, 0.25) is 0 Å². The normalized spacial score (nSPS) is 14.1. The van der Waals surface area contributed by atoms with E-state index in [1.54, 1.807) is 32.9 Å². The first-order valence-electron chi connectivity index (χ1n) is 16.1. The first-order valence-corrected chi connectivity index (χ1v) is 17.6. The molecule has 0 unspecified atom stereocenters. The molecule has 11 nitrogen and oxygen atoms in total. The summed E-state index contributed by atoms with van der Waals surface area (Å²) in [5.41, 5.74) is 1.25. The van der Waals surface area contributed by atoms with Crippen LogP contribution in [0.15, 0.2) is 88.9 Å². The molecule has 0 aliphatic heterocycles. The topological polar surface area (TPSA) is 160 Å². The van der Waals surface area contributed by atoms with E-state index in [2.05, 4.69) is 21.1 Å². The number of oxime groups is 1. The summed E-state index contributed by atoms with van der Waals surface area (Å²) < 4.78 is 42.3. The molecule has 0 aliphatic carbocycles. The summed E-state index contributed by atoms with van der Waals surface area (Å²) in [6, 6.07) is 19.1. The average Bonchev–Trinajstić information content (AvgIpc) is 3.03. The van der Waals surface area contributed by atoms with Crippen molar-refractivity contribution in [2.24, 2.45) is 16.5 Å². The van der Waals surface area contributed by atoms with E-state index in [0.29, 0.717) is 11.1 Å². The Balaban J connectivity index is 1.82. The highest BCUT2D eigenvalue weighted by atomic mass is 32.2. The molecule has 3 aromatic rings. The molecule has 0 aromatic heterocycles. The molecule has 0 fully saturated rings. The predicted octanol–water partition coefficient (Wildman–Crippen LogP) is 3.69. The molecule has 0 bridgehead atoms. The van der Waals surface area contributed by atoms with Gasteiger partial charge in [-0.15, -0.1) is 0 Å². The van der Waals surface area contributed by atoms with Crippen LogP contribution in [0.4, 0.5) is 4.39 Å². The second-order valence-corrected chi connectivity index (χ2v) is 15.4. The molecule has 0 heterocycles. The number of nitrogens with zero attached hydrogens (tertiary/aromatic N) is 2. The maximum atomic E-state index is 13.9. The zero-order valence-electron chi connectivity index (χ0n) is 28.6. The maximum Gasteiger partial charge on any atom is 0.243 e. The Hall–Kier alpha value is -4.17. The SMILES string of the molecule is CC(C)CN(C[C@H](O)[C@H](Cc1ccccc1)NC(=O)[C@@H](NC(=O)CNCc1cccc(F)c1)C(C)(C)C)S(=O)(=O)c1ccc(C=NO)cc1. The van der Waals surface area contributed by atoms with Crippen LogP contribution in [0.1, 0.15) is 51.3 Å². The first kappa shape index (κ1) is 39.3. The molecule has 0 aliphatic rings. The molecule has 3 aromatic carbocycles. The third kappa shape index (κ3) is 12.3. The van der Waals surface area contributed by atoms with E-state index in [0.717, 1.165) is 5.56 Å². The number of carbonyl (C=O) groups excluding carboxylic acids is 2. The van der Waals surface area contributed by atoms with E-state index < -0.39 is 45.4 Å². The lowest BCUT2D eigenvalue weighted by atomic mass is 9.85. The van der Waals surface area contributed by atoms with E-state index in [9.17, 15) is 27.5 Å². The Morgan fingerprint density at radius 2 is 1.59 bits per heavy atom. The second kappa shape index (κ2) is 18.0. The highest BCUT2D eigenvalue weighted by molar-refractivity contribution is 7.89. The Morgan fingerprint density at radius 1 is 0.939 bits per heavy atom. The third-order valence-corrected chi connectivity index (χ3v) is 9.56. The van der Waals surface area contributed by atoms with Crippen molar-refractivity contribution in [3.63, 3.8) is 0 Å². The quantitative estimate of drug-likeness (QED) is 0.0817. The van der Waals surface area contributed by atoms with Crippen molar-refractivity contribution < 1.29 is 32.7 Å². The number of amides is 2. The number of rotatable bonds is 17. The number of carbonyl (C=O) groups is 2. The Bertz CT molecular complexity index is 1650. The van der Waals surface area contributed by atoms with Crippen LogP contribution in [0.3, 0.4) is 0 Å². The van der Waals surface area contributed by atoms with Gasteiger partial charge in [-0.3, -0.25) is 9.59 Å². The minimum absolute atomic E-state index is 0.000557. The number of aliphatic hydroxyl groups excluding tert-OH is 1. The fourth-order valence-electron chi connectivity index (χ4n) is 5.23. The Kier molecular flexibility index (Phi) is 14.4. The number of benzene rings is 3. The van der Waals surface area contributed by atoms with Gasteiger partial charge in [-0.2, -0.15) is 4.31 Å². The molecule has 0 radical (unpaired) electrons. The van der Waals surface area contributed by atoms with Crippen LogP contribution in [0.25, 0.3) is 0 Å². The van der Waals surface area contributed by atoms with Crippen molar-refractivity contribution in [1.82, 2.24) is 20.3 Å². The molecule has 5 N–H and O–H groups in total. The van der Waals surface area contributed by atoms with E-state index in [1.165, 1.54) is 46.9 Å². The molecule has 2 amide bonds. The van der Waals surface area contributed by atoms with E-state index in [4.69, 9.17) is 5.21 Å². The minimum Gasteiger partial charge on any atom is -0.411 e. The number of aliphatic hydroxyl groups is 1. The largest absolute Gasteiger partial charge is 0.411 e. The van der Waals surface area contributed by atoms with Gasteiger partial charge in [0.1, 0.15) is 11.9 Å². The van der Waals surface area contributed by atoms with Gasteiger partial charge in [0, 0.05) is 19.6 Å². The highest BCUT2D eigenvalue weighted by Crippen LogP contribution is 2.22. The summed E-state index contributed by atoms with van der Waals surface area (Å²) in [6.45, 7) is 9.05. The molecule has 3 rings (SSSR count). The molecule has 266 valence electrons. The van der Waals surface area contributed by atoms with Gasteiger partial charge in [-0.25, -0.2) is 12.8 Å². The van der Waals surface area contributed by atoms with Crippen molar-refractivity contribution in [3.05, 3.63) is 101 Å². The fraction of sp³-hybridized carbons (Fsp3) is 0.417. The smallest absolute Gasteiger partial charge is 0.243 e. The van der Waals surface area contributed by atoms with Crippen LogP contribution in [-0.4, -0.2) is 78.9 Å². The number of halogens is 1. The van der Waals surface area contributed by atoms with Crippen molar-refractivity contribution >= 4 is 28.1 Å². The standard InChI is InChI=1S/C36H48FN5O6S/c1-25(2)23-42(49(47,48)30-16-14-27(15-17-30)21-39-46)24-32(43)31(19-26-10-7-6-8-11-26)40-35(45)34(36(3,4)5)41-33(44)22-38-20-28-12-9-13-29(37)18-28/h6-18,21,25,31-32,34,38,43,46H,19-20,22-24H2,1-5H3,(H,40,45)(H,41,44)/t31-,32-,34+/m0/s1. The van der Waals surface area contributed by atoms with Gasteiger partial charge in [0.25, 0.3) is 0 Å². The number of sulfonamides is 1. The fourth-order valence-corrected chi connectivity index (χ4v) is 6.85. The van der Waals surface area contributed by atoms with Crippen molar-refractivity contribution in [2.45, 2.75) is 70.7 Å². The lowest BCUT2D eigenvalue weighted by Crippen LogP contribution is -2.59. The summed E-state index contributed by atoms with van der Waals surface area (Å²) in [7, 11) is -4.08. The highest BCUT2D eigenvalue weighted by Gasteiger charge is 2.36. The molecule has 0 saturated carbocycles. The minimum atomic E-state index is -4.08. The van der Waals surface area contributed by atoms with Gasteiger partial charge in [0.15, 0.2) is 0 Å². The zero-order chi connectivity index (χ0) is 36.2.